The van der Waals surface area contributed by atoms with Gasteiger partial charge in [-0.3, -0.25) is 9.59 Å². The average Bonchev–Trinajstić information content (AvgIpc) is 2.55. The lowest BCUT2D eigenvalue weighted by Gasteiger charge is -2.13. The van der Waals surface area contributed by atoms with E-state index in [9.17, 15) is 9.59 Å². The molecule has 1 amide bonds. The van der Waals surface area contributed by atoms with Crippen molar-refractivity contribution in [2.75, 3.05) is 19.0 Å². The van der Waals surface area contributed by atoms with Crippen LogP contribution in [0.5, 0.6) is 11.5 Å². The lowest BCUT2D eigenvalue weighted by molar-refractivity contribution is -0.118. The van der Waals surface area contributed by atoms with E-state index in [0.717, 1.165) is 0 Å². The molecule has 1 N–H and O–H groups in total. The third kappa shape index (κ3) is 4.37. The smallest absolute Gasteiger partial charge is 0.262 e. The Morgan fingerprint density at radius 1 is 1.22 bits per heavy atom. The molecule has 0 atom stereocenters. The Kier molecular flexibility index (Phi) is 5.84. The van der Waals surface area contributed by atoms with E-state index in [4.69, 9.17) is 32.7 Å². The average molecular weight is 354 g/mol. The first-order valence-electron chi connectivity index (χ1n) is 6.55. The summed E-state index contributed by atoms with van der Waals surface area (Å²) in [5.74, 6) is 0.0508. The van der Waals surface area contributed by atoms with Crippen LogP contribution in [0.25, 0.3) is 0 Å². The van der Waals surface area contributed by atoms with Crippen molar-refractivity contribution in [3.8, 4) is 11.5 Å². The molecular weight excluding hydrogens is 341 g/mol. The number of hydrogen-bond acceptors (Lipinski definition) is 4. The Bertz CT molecular complexity index is 734. The Balaban J connectivity index is 2.07. The summed E-state index contributed by atoms with van der Waals surface area (Å²) in [7, 11) is 1.41. The molecule has 0 radical (unpaired) electrons. The second kappa shape index (κ2) is 7.85. The fourth-order valence-corrected chi connectivity index (χ4v) is 2.29. The minimum Gasteiger partial charge on any atom is -0.493 e. The van der Waals surface area contributed by atoms with Crippen LogP contribution in [0.4, 0.5) is 5.69 Å². The second-order valence-electron chi connectivity index (χ2n) is 4.47. The van der Waals surface area contributed by atoms with Gasteiger partial charge in [0.2, 0.25) is 0 Å². The molecule has 2 aromatic rings. The second-order valence-corrected chi connectivity index (χ2v) is 5.28. The highest BCUT2D eigenvalue weighted by Gasteiger charge is 2.14. The lowest BCUT2D eigenvalue weighted by atomic mass is 10.2. The number of nitrogens with one attached hydrogen (secondary N) is 1. The number of carbonyl (C=O) groups excluding carboxylic acids is 2. The number of carbonyl (C=O) groups is 2. The molecule has 0 aliphatic carbocycles. The molecule has 0 heterocycles. The van der Waals surface area contributed by atoms with Crippen LogP contribution in [-0.4, -0.2) is 25.9 Å². The number of aldehydes is 1. The number of ether oxygens (including phenoxy) is 2. The minimum atomic E-state index is -0.407. The Hall–Kier alpha value is -2.24. The summed E-state index contributed by atoms with van der Waals surface area (Å²) in [5, 5.41) is 3.22. The maximum Gasteiger partial charge on any atom is 0.262 e. The zero-order valence-corrected chi connectivity index (χ0v) is 13.6. The van der Waals surface area contributed by atoms with Crippen molar-refractivity contribution in [2.24, 2.45) is 0 Å². The van der Waals surface area contributed by atoms with Crippen molar-refractivity contribution in [2.45, 2.75) is 0 Å². The van der Waals surface area contributed by atoms with Gasteiger partial charge in [0.15, 0.2) is 18.1 Å². The van der Waals surface area contributed by atoms with E-state index < -0.39 is 5.91 Å². The SMILES string of the molecule is COc1cc(C=O)cc(Cl)c1OCC(=O)Nc1ccccc1Cl. The third-order valence-electron chi connectivity index (χ3n) is 2.88. The molecule has 0 saturated carbocycles. The van der Waals surface area contributed by atoms with E-state index in [-0.39, 0.29) is 23.1 Å². The van der Waals surface area contributed by atoms with Crippen LogP contribution in [-0.2, 0) is 4.79 Å². The summed E-state index contributed by atoms with van der Waals surface area (Å²) in [4.78, 5) is 22.7. The van der Waals surface area contributed by atoms with Crippen molar-refractivity contribution >= 4 is 41.1 Å². The van der Waals surface area contributed by atoms with Gasteiger partial charge < -0.3 is 14.8 Å². The Morgan fingerprint density at radius 3 is 2.61 bits per heavy atom. The fourth-order valence-electron chi connectivity index (χ4n) is 1.83. The van der Waals surface area contributed by atoms with Crippen LogP contribution in [0, 0.1) is 0 Å². The summed E-state index contributed by atoms with van der Waals surface area (Å²) >= 11 is 12.0. The number of benzene rings is 2. The van der Waals surface area contributed by atoms with Gasteiger partial charge in [-0.25, -0.2) is 0 Å². The molecule has 2 rings (SSSR count). The first-order valence-corrected chi connectivity index (χ1v) is 7.30. The summed E-state index contributed by atoms with van der Waals surface area (Å²) in [6.07, 6.45) is 0.641. The Labute approximate surface area is 143 Å². The molecular formula is C16H13Cl2NO4. The van der Waals surface area contributed by atoms with Gasteiger partial charge >= 0.3 is 0 Å². The Morgan fingerprint density at radius 2 is 1.96 bits per heavy atom. The standard InChI is InChI=1S/C16H13Cl2NO4/c1-22-14-7-10(8-20)6-12(18)16(14)23-9-15(21)19-13-5-3-2-4-11(13)17/h2-8H,9H2,1H3,(H,19,21). The van der Waals surface area contributed by atoms with Crippen molar-refractivity contribution < 1.29 is 19.1 Å². The van der Waals surface area contributed by atoms with E-state index in [2.05, 4.69) is 5.32 Å². The van der Waals surface area contributed by atoms with Crippen LogP contribution in [0.1, 0.15) is 10.4 Å². The van der Waals surface area contributed by atoms with E-state index >= 15 is 0 Å². The fraction of sp³-hybridized carbons (Fsp3) is 0.125. The molecule has 0 fully saturated rings. The van der Waals surface area contributed by atoms with Gasteiger partial charge in [-0.05, 0) is 24.3 Å². The molecule has 23 heavy (non-hydrogen) atoms. The first-order chi connectivity index (χ1) is 11.0. The van der Waals surface area contributed by atoms with Crippen molar-refractivity contribution in [3.63, 3.8) is 0 Å². The summed E-state index contributed by atoms with van der Waals surface area (Å²) in [5.41, 5.74) is 0.830. The molecule has 0 spiro atoms. The van der Waals surface area contributed by atoms with Gasteiger partial charge in [0.05, 0.1) is 22.8 Å². The number of amides is 1. The lowest BCUT2D eigenvalue weighted by Crippen LogP contribution is -2.20. The van der Waals surface area contributed by atoms with Crippen LogP contribution < -0.4 is 14.8 Å². The first kappa shape index (κ1) is 17.1. The van der Waals surface area contributed by atoms with E-state index in [0.29, 0.717) is 22.6 Å². The molecule has 2 aromatic carbocycles. The quantitative estimate of drug-likeness (QED) is 0.801. The van der Waals surface area contributed by atoms with Crippen LogP contribution in [0.3, 0.4) is 0 Å². The topological polar surface area (TPSA) is 64.6 Å². The minimum absolute atomic E-state index is 0.178. The van der Waals surface area contributed by atoms with E-state index in [1.54, 1.807) is 24.3 Å². The van der Waals surface area contributed by atoms with Crippen LogP contribution >= 0.6 is 23.2 Å². The number of anilines is 1. The molecule has 0 saturated heterocycles. The molecule has 0 bridgehead atoms. The van der Waals surface area contributed by atoms with Crippen LogP contribution in [0.15, 0.2) is 36.4 Å². The normalized spacial score (nSPS) is 10.0. The van der Waals surface area contributed by atoms with Gasteiger partial charge in [-0.15, -0.1) is 0 Å². The molecule has 0 aromatic heterocycles. The molecule has 0 unspecified atom stereocenters. The van der Waals surface area contributed by atoms with E-state index in [1.807, 2.05) is 0 Å². The largest absolute Gasteiger partial charge is 0.493 e. The number of rotatable bonds is 6. The van der Waals surface area contributed by atoms with Gasteiger partial charge in [-0.1, -0.05) is 35.3 Å². The summed E-state index contributed by atoms with van der Waals surface area (Å²) in [6.45, 7) is -0.290. The van der Waals surface area contributed by atoms with Crippen LogP contribution in [0.2, 0.25) is 10.0 Å². The molecule has 5 nitrogen and oxygen atoms in total. The van der Waals surface area contributed by atoms with Gasteiger partial charge in [0.1, 0.15) is 6.29 Å². The third-order valence-corrected chi connectivity index (χ3v) is 3.49. The molecule has 7 heteroatoms. The molecule has 0 aliphatic rings. The van der Waals surface area contributed by atoms with Crippen molar-refractivity contribution in [1.29, 1.82) is 0 Å². The number of methoxy groups -OCH3 is 1. The highest BCUT2D eigenvalue weighted by molar-refractivity contribution is 6.33. The number of para-hydroxylation sites is 1. The number of hydrogen-bond donors (Lipinski definition) is 1. The highest BCUT2D eigenvalue weighted by atomic mass is 35.5. The number of halogens is 2. The monoisotopic (exact) mass is 353 g/mol. The maximum atomic E-state index is 11.9. The van der Waals surface area contributed by atoms with Crippen molar-refractivity contribution in [1.82, 2.24) is 0 Å². The zero-order chi connectivity index (χ0) is 16.8. The molecule has 120 valence electrons. The summed E-state index contributed by atoms with van der Waals surface area (Å²) < 4.78 is 10.5. The maximum absolute atomic E-state index is 11.9. The van der Waals surface area contributed by atoms with E-state index in [1.165, 1.54) is 19.2 Å². The zero-order valence-electron chi connectivity index (χ0n) is 12.1. The predicted molar refractivity (Wildman–Crippen MR) is 89.0 cm³/mol. The van der Waals surface area contributed by atoms with Gasteiger partial charge in [-0.2, -0.15) is 0 Å². The summed E-state index contributed by atoms with van der Waals surface area (Å²) in [6, 6.07) is 9.75. The van der Waals surface area contributed by atoms with Gasteiger partial charge in [0.25, 0.3) is 5.91 Å². The van der Waals surface area contributed by atoms with Gasteiger partial charge in [0, 0.05) is 5.56 Å². The van der Waals surface area contributed by atoms with Crippen molar-refractivity contribution in [3.05, 3.63) is 52.0 Å². The molecule has 0 aliphatic heterocycles. The predicted octanol–water partition coefficient (Wildman–Crippen LogP) is 3.83. The highest BCUT2D eigenvalue weighted by Crippen LogP contribution is 2.36.